The Morgan fingerprint density at radius 2 is 2.24 bits per heavy atom. The minimum atomic E-state index is -0.853. The number of aryl methyl sites for hydroxylation is 1. The molecule has 1 aliphatic carbocycles. The molecule has 0 unspecified atom stereocenters. The van der Waals surface area contributed by atoms with Crippen molar-refractivity contribution >= 4 is 17.7 Å². The fourth-order valence-electron chi connectivity index (χ4n) is 2.28. The highest BCUT2D eigenvalue weighted by molar-refractivity contribution is 5.89. The van der Waals surface area contributed by atoms with Gasteiger partial charge in [0.15, 0.2) is 0 Å². The molecule has 7 heteroatoms. The Bertz CT molecular complexity index is 508. The first-order valence-corrected chi connectivity index (χ1v) is 7.44. The van der Waals surface area contributed by atoms with E-state index in [1.807, 2.05) is 4.68 Å². The molecule has 1 saturated carbocycles. The van der Waals surface area contributed by atoms with Gasteiger partial charge in [-0.1, -0.05) is 6.92 Å². The zero-order valence-electron chi connectivity index (χ0n) is 12.3. The quantitative estimate of drug-likeness (QED) is 0.640. The molecule has 21 heavy (non-hydrogen) atoms. The molecular formula is C14H22N4O3. The van der Waals surface area contributed by atoms with Crippen LogP contribution in [-0.4, -0.2) is 33.4 Å². The first-order chi connectivity index (χ1) is 10.1. The van der Waals surface area contributed by atoms with Crippen LogP contribution >= 0.6 is 0 Å². The number of hydrogen-bond acceptors (Lipinski definition) is 3. The summed E-state index contributed by atoms with van der Waals surface area (Å²) in [6.07, 6.45) is 5.46. The molecule has 0 aliphatic heterocycles. The molecule has 0 spiro atoms. The van der Waals surface area contributed by atoms with Gasteiger partial charge in [-0.3, -0.25) is 9.48 Å². The molecule has 1 fully saturated rings. The second-order valence-electron chi connectivity index (χ2n) is 5.32. The summed E-state index contributed by atoms with van der Waals surface area (Å²) in [5.41, 5.74) is 1.87. The maximum Gasteiger partial charge on any atom is 0.319 e. The third-order valence-corrected chi connectivity index (χ3v) is 3.38. The van der Waals surface area contributed by atoms with Crippen LogP contribution < -0.4 is 10.6 Å². The largest absolute Gasteiger partial charge is 0.481 e. The molecule has 1 aromatic heterocycles. The van der Waals surface area contributed by atoms with Crippen molar-refractivity contribution in [1.29, 1.82) is 0 Å². The highest BCUT2D eigenvalue weighted by atomic mass is 16.4. The van der Waals surface area contributed by atoms with Crippen molar-refractivity contribution in [1.82, 2.24) is 15.1 Å². The van der Waals surface area contributed by atoms with Crippen molar-refractivity contribution in [3.8, 4) is 0 Å². The van der Waals surface area contributed by atoms with E-state index < -0.39 is 5.97 Å². The van der Waals surface area contributed by atoms with E-state index in [9.17, 15) is 9.59 Å². The standard InChI is InChI=1S/C14H22N4O3/c1-2-8-18-13(10-5-6-10)11(9-16-18)17-14(21)15-7-3-4-12(19)20/h9-10H,2-8H2,1H3,(H,19,20)(H2,15,17,21). The second kappa shape index (κ2) is 7.10. The van der Waals surface area contributed by atoms with Gasteiger partial charge in [-0.15, -0.1) is 0 Å². The lowest BCUT2D eigenvalue weighted by atomic mass is 10.2. The van der Waals surface area contributed by atoms with Gasteiger partial charge < -0.3 is 15.7 Å². The molecule has 1 heterocycles. The molecule has 0 bridgehead atoms. The number of anilines is 1. The minimum absolute atomic E-state index is 0.0576. The number of amides is 2. The van der Waals surface area contributed by atoms with E-state index in [1.165, 1.54) is 0 Å². The second-order valence-corrected chi connectivity index (χ2v) is 5.32. The van der Waals surface area contributed by atoms with Crippen molar-refractivity contribution in [3.63, 3.8) is 0 Å². The average Bonchev–Trinajstić information content (AvgIpc) is 3.19. The van der Waals surface area contributed by atoms with Gasteiger partial charge in [0, 0.05) is 25.4 Å². The number of carboxylic acids is 1. The highest BCUT2D eigenvalue weighted by Crippen LogP contribution is 2.43. The van der Waals surface area contributed by atoms with Crippen molar-refractivity contribution in [2.45, 2.75) is 51.5 Å². The van der Waals surface area contributed by atoms with E-state index in [1.54, 1.807) is 6.20 Å². The van der Waals surface area contributed by atoms with Crippen molar-refractivity contribution < 1.29 is 14.7 Å². The number of nitrogens with zero attached hydrogens (tertiary/aromatic N) is 2. The fraction of sp³-hybridized carbons (Fsp3) is 0.643. The monoisotopic (exact) mass is 294 g/mol. The number of rotatable bonds is 8. The molecule has 116 valence electrons. The lowest BCUT2D eigenvalue weighted by Gasteiger charge is -2.09. The summed E-state index contributed by atoms with van der Waals surface area (Å²) in [6, 6.07) is -0.307. The van der Waals surface area contributed by atoms with Crippen LogP contribution in [0.3, 0.4) is 0 Å². The number of nitrogens with one attached hydrogen (secondary N) is 2. The maximum absolute atomic E-state index is 11.8. The smallest absolute Gasteiger partial charge is 0.319 e. The fourth-order valence-corrected chi connectivity index (χ4v) is 2.28. The Hall–Kier alpha value is -2.05. The van der Waals surface area contributed by atoms with Gasteiger partial charge in [-0.25, -0.2) is 4.79 Å². The van der Waals surface area contributed by atoms with Gasteiger partial charge >= 0.3 is 12.0 Å². The molecule has 1 aliphatic rings. The summed E-state index contributed by atoms with van der Waals surface area (Å²) in [5.74, 6) is -0.351. The molecule has 0 saturated heterocycles. The average molecular weight is 294 g/mol. The van der Waals surface area contributed by atoms with Gasteiger partial charge in [0.05, 0.1) is 17.6 Å². The summed E-state index contributed by atoms with van der Waals surface area (Å²) in [4.78, 5) is 22.2. The van der Waals surface area contributed by atoms with Crippen LogP contribution in [-0.2, 0) is 11.3 Å². The predicted molar refractivity (Wildman–Crippen MR) is 78.4 cm³/mol. The Morgan fingerprint density at radius 3 is 2.86 bits per heavy atom. The zero-order chi connectivity index (χ0) is 15.2. The summed E-state index contributed by atoms with van der Waals surface area (Å²) >= 11 is 0. The Balaban J connectivity index is 1.87. The molecule has 0 aromatic carbocycles. The van der Waals surface area contributed by atoms with Gasteiger partial charge in [-0.05, 0) is 25.7 Å². The van der Waals surface area contributed by atoms with Gasteiger partial charge in [0.2, 0.25) is 0 Å². The molecule has 3 N–H and O–H groups in total. The van der Waals surface area contributed by atoms with Gasteiger partial charge in [-0.2, -0.15) is 5.10 Å². The lowest BCUT2D eigenvalue weighted by molar-refractivity contribution is -0.137. The Labute approximate surface area is 123 Å². The van der Waals surface area contributed by atoms with Crippen LogP contribution in [0.5, 0.6) is 0 Å². The van der Waals surface area contributed by atoms with E-state index in [4.69, 9.17) is 5.11 Å². The Kier molecular flexibility index (Phi) is 5.19. The van der Waals surface area contributed by atoms with Crippen LogP contribution in [0, 0.1) is 0 Å². The molecule has 0 atom stereocenters. The first-order valence-electron chi connectivity index (χ1n) is 7.44. The van der Waals surface area contributed by atoms with Gasteiger partial charge in [0.25, 0.3) is 0 Å². The van der Waals surface area contributed by atoms with Crippen LogP contribution in [0.1, 0.15) is 50.6 Å². The first kappa shape index (κ1) is 15.3. The van der Waals surface area contributed by atoms with E-state index in [0.29, 0.717) is 18.9 Å². The van der Waals surface area contributed by atoms with E-state index in [0.717, 1.165) is 37.2 Å². The lowest BCUT2D eigenvalue weighted by Crippen LogP contribution is -2.30. The van der Waals surface area contributed by atoms with E-state index >= 15 is 0 Å². The number of hydrogen-bond donors (Lipinski definition) is 3. The van der Waals surface area contributed by atoms with Crippen LogP contribution in [0.25, 0.3) is 0 Å². The predicted octanol–water partition coefficient (Wildman–Crippen LogP) is 2.16. The topological polar surface area (TPSA) is 96.3 Å². The number of carbonyl (C=O) groups is 2. The maximum atomic E-state index is 11.8. The minimum Gasteiger partial charge on any atom is -0.481 e. The summed E-state index contributed by atoms with van der Waals surface area (Å²) in [7, 11) is 0. The SMILES string of the molecule is CCCn1ncc(NC(=O)NCCCC(=O)O)c1C1CC1. The summed E-state index contributed by atoms with van der Waals surface area (Å²) in [5, 5.41) is 18.4. The van der Waals surface area contributed by atoms with Crippen LogP contribution in [0.2, 0.25) is 0 Å². The molecule has 2 rings (SSSR count). The number of carboxylic acid groups (broad SMARTS) is 1. The van der Waals surface area contributed by atoms with E-state index in [-0.39, 0.29) is 12.5 Å². The normalized spacial score (nSPS) is 14.0. The molecular weight excluding hydrogens is 272 g/mol. The Morgan fingerprint density at radius 1 is 1.48 bits per heavy atom. The molecule has 1 aromatic rings. The number of urea groups is 1. The van der Waals surface area contributed by atoms with E-state index in [2.05, 4.69) is 22.7 Å². The van der Waals surface area contributed by atoms with Gasteiger partial charge in [0.1, 0.15) is 0 Å². The number of aliphatic carboxylic acids is 1. The van der Waals surface area contributed by atoms with Crippen molar-refractivity contribution in [2.75, 3.05) is 11.9 Å². The zero-order valence-corrected chi connectivity index (χ0v) is 12.3. The van der Waals surface area contributed by atoms with Crippen LogP contribution in [0.4, 0.5) is 10.5 Å². The summed E-state index contributed by atoms with van der Waals surface area (Å²) < 4.78 is 1.97. The third kappa shape index (κ3) is 4.47. The third-order valence-electron chi connectivity index (χ3n) is 3.38. The van der Waals surface area contributed by atoms with Crippen LogP contribution in [0.15, 0.2) is 6.20 Å². The van der Waals surface area contributed by atoms with Crippen molar-refractivity contribution in [3.05, 3.63) is 11.9 Å². The molecule has 2 amide bonds. The molecule has 0 radical (unpaired) electrons. The number of carbonyl (C=O) groups excluding carboxylic acids is 1. The highest BCUT2D eigenvalue weighted by Gasteiger charge is 2.30. The molecule has 7 nitrogen and oxygen atoms in total. The summed E-state index contributed by atoms with van der Waals surface area (Å²) in [6.45, 7) is 3.30. The van der Waals surface area contributed by atoms with Crippen molar-refractivity contribution in [2.24, 2.45) is 0 Å². The number of aromatic nitrogens is 2.